The van der Waals surface area contributed by atoms with Gasteiger partial charge in [-0.2, -0.15) is 10.2 Å². The Morgan fingerprint density at radius 3 is 2.89 bits per heavy atom. The summed E-state index contributed by atoms with van der Waals surface area (Å²) in [4.78, 5) is 23.1. The van der Waals surface area contributed by atoms with Gasteiger partial charge in [-0.05, 0) is 24.6 Å². The van der Waals surface area contributed by atoms with E-state index in [-0.39, 0.29) is 17.1 Å². The Bertz CT molecular complexity index is 1010. The Hall–Kier alpha value is -3.69. The second-order valence-electron chi connectivity index (χ2n) is 5.90. The maximum absolute atomic E-state index is 12.5. The number of carbonyl (C=O) groups is 1. The van der Waals surface area contributed by atoms with Gasteiger partial charge in [0.05, 0.1) is 30.5 Å². The smallest absolute Gasteiger partial charge is 0.322 e. The molecule has 0 unspecified atom stereocenters. The van der Waals surface area contributed by atoms with E-state index in [2.05, 4.69) is 15.5 Å². The number of carbonyl (C=O) groups excluding carboxylic acids is 1. The number of nitro groups is 1. The number of aryl methyl sites for hydroxylation is 2. The van der Waals surface area contributed by atoms with Gasteiger partial charge in [-0.1, -0.05) is 12.1 Å². The van der Waals surface area contributed by atoms with Gasteiger partial charge in [0.15, 0.2) is 0 Å². The van der Waals surface area contributed by atoms with Crippen molar-refractivity contribution in [3.63, 3.8) is 0 Å². The first-order chi connectivity index (χ1) is 12.9. The van der Waals surface area contributed by atoms with Gasteiger partial charge in [0.2, 0.25) is 5.69 Å². The van der Waals surface area contributed by atoms with Crippen LogP contribution >= 0.6 is 0 Å². The normalized spacial score (nSPS) is 10.6. The van der Waals surface area contributed by atoms with E-state index in [9.17, 15) is 14.9 Å². The first-order valence-corrected chi connectivity index (χ1v) is 8.03. The van der Waals surface area contributed by atoms with Crippen LogP contribution in [0.5, 0.6) is 5.75 Å². The molecular formula is C17H18N6O4. The van der Waals surface area contributed by atoms with Crippen molar-refractivity contribution in [2.75, 3.05) is 12.4 Å². The molecule has 0 radical (unpaired) electrons. The van der Waals surface area contributed by atoms with Gasteiger partial charge in [0.1, 0.15) is 11.4 Å². The zero-order valence-electron chi connectivity index (χ0n) is 15.0. The van der Waals surface area contributed by atoms with Gasteiger partial charge in [-0.25, -0.2) is 0 Å². The van der Waals surface area contributed by atoms with E-state index in [0.717, 1.165) is 11.3 Å². The Morgan fingerprint density at radius 1 is 1.41 bits per heavy atom. The SMILES string of the molecule is COc1cccc(Cn2cc(NC(=O)c3c([N+](=O)[O-])c(C)nn3C)cn2)c1. The molecule has 10 heteroatoms. The predicted molar refractivity (Wildman–Crippen MR) is 96.9 cm³/mol. The Labute approximate surface area is 154 Å². The lowest BCUT2D eigenvalue weighted by Crippen LogP contribution is -2.17. The summed E-state index contributed by atoms with van der Waals surface area (Å²) in [5.41, 5.74) is 1.17. The molecule has 0 saturated heterocycles. The number of hydrogen-bond donors (Lipinski definition) is 1. The second kappa shape index (κ2) is 7.28. The van der Waals surface area contributed by atoms with Crippen LogP contribution in [0, 0.1) is 17.0 Å². The molecule has 0 aliphatic rings. The van der Waals surface area contributed by atoms with Crippen molar-refractivity contribution in [2.24, 2.45) is 7.05 Å². The van der Waals surface area contributed by atoms with Crippen LogP contribution in [0.25, 0.3) is 0 Å². The molecule has 1 N–H and O–H groups in total. The fourth-order valence-electron chi connectivity index (χ4n) is 2.78. The zero-order valence-corrected chi connectivity index (χ0v) is 15.0. The highest BCUT2D eigenvalue weighted by atomic mass is 16.6. The monoisotopic (exact) mass is 370 g/mol. The molecule has 0 saturated carbocycles. The van der Waals surface area contributed by atoms with Crippen LogP contribution in [0.2, 0.25) is 0 Å². The molecule has 27 heavy (non-hydrogen) atoms. The van der Waals surface area contributed by atoms with E-state index in [0.29, 0.717) is 12.2 Å². The molecule has 1 amide bonds. The number of ether oxygens (including phenoxy) is 1. The van der Waals surface area contributed by atoms with Gasteiger partial charge in [-0.3, -0.25) is 24.3 Å². The molecule has 2 heterocycles. The van der Waals surface area contributed by atoms with E-state index in [4.69, 9.17) is 4.74 Å². The van der Waals surface area contributed by atoms with Crippen molar-refractivity contribution in [2.45, 2.75) is 13.5 Å². The summed E-state index contributed by atoms with van der Waals surface area (Å²) in [6.07, 6.45) is 3.12. The minimum Gasteiger partial charge on any atom is -0.497 e. The molecule has 3 aromatic rings. The number of anilines is 1. The molecule has 0 fully saturated rings. The lowest BCUT2D eigenvalue weighted by Gasteiger charge is -2.05. The van der Waals surface area contributed by atoms with Crippen LogP contribution in [0.15, 0.2) is 36.7 Å². The molecule has 1 aromatic carbocycles. The van der Waals surface area contributed by atoms with Crippen LogP contribution in [-0.4, -0.2) is 37.5 Å². The number of nitrogens with zero attached hydrogens (tertiary/aromatic N) is 5. The molecule has 0 spiro atoms. The van der Waals surface area contributed by atoms with Crippen molar-refractivity contribution < 1.29 is 14.5 Å². The first-order valence-electron chi connectivity index (χ1n) is 8.03. The van der Waals surface area contributed by atoms with Gasteiger partial charge in [0, 0.05) is 13.2 Å². The van der Waals surface area contributed by atoms with Crippen molar-refractivity contribution >= 4 is 17.3 Å². The standard InChI is InChI=1S/C17H18N6O4/c1-11-15(23(25)26)16(21(2)20-11)17(24)19-13-8-18-22(10-13)9-12-5-4-6-14(7-12)27-3/h4-8,10H,9H2,1-3H3,(H,19,24). The summed E-state index contributed by atoms with van der Waals surface area (Å²) in [7, 11) is 3.08. The number of benzene rings is 1. The maximum Gasteiger partial charge on any atom is 0.322 e. The molecule has 0 aliphatic heterocycles. The Balaban J connectivity index is 1.76. The van der Waals surface area contributed by atoms with E-state index in [1.165, 1.54) is 24.9 Å². The van der Waals surface area contributed by atoms with Crippen molar-refractivity contribution in [3.05, 3.63) is 63.7 Å². The molecule has 10 nitrogen and oxygen atoms in total. The minimum atomic E-state index is -0.620. The highest BCUT2D eigenvalue weighted by molar-refractivity contribution is 6.05. The number of rotatable bonds is 6. The molecule has 0 bridgehead atoms. The predicted octanol–water partition coefficient (Wildman–Crippen LogP) is 2.14. The van der Waals surface area contributed by atoms with Crippen molar-refractivity contribution in [3.8, 4) is 5.75 Å². The van der Waals surface area contributed by atoms with E-state index >= 15 is 0 Å². The van der Waals surface area contributed by atoms with Gasteiger partial charge in [0.25, 0.3) is 5.91 Å². The van der Waals surface area contributed by atoms with E-state index in [1.54, 1.807) is 18.0 Å². The lowest BCUT2D eigenvalue weighted by molar-refractivity contribution is -0.385. The number of amides is 1. The zero-order chi connectivity index (χ0) is 19.6. The highest BCUT2D eigenvalue weighted by Crippen LogP contribution is 2.23. The van der Waals surface area contributed by atoms with Crippen molar-refractivity contribution in [1.82, 2.24) is 19.6 Å². The van der Waals surface area contributed by atoms with Gasteiger partial charge in [-0.15, -0.1) is 0 Å². The Morgan fingerprint density at radius 2 is 2.19 bits per heavy atom. The second-order valence-corrected chi connectivity index (χ2v) is 5.90. The van der Waals surface area contributed by atoms with Crippen LogP contribution < -0.4 is 10.1 Å². The van der Waals surface area contributed by atoms with Crippen LogP contribution in [0.3, 0.4) is 0 Å². The van der Waals surface area contributed by atoms with Crippen LogP contribution in [-0.2, 0) is 13.6 Å². The van der Waals surface area contributed by atoms with Crippen LogP contribution in [0.1, 0.15) is 21.7 Å². The first kappa shape index (κ1) is 18.1. The molecule has 2 aromatic heterocycles. The van der Waals surface area contributed by atoms with E-state index < -0.39 is 10.8 Å². The average molecular weight is 370 g/mol. The Kier molecular flexibility index (Phi) is 4.88. The summed E-state index contributed by atoms with van der Waals surface area (Å²) in [5.74, 6) is 0.123. The highest BCUT2D eigenvalue weighted by Gasteiger charge is 2.29. The number of hydrogen-bond acceptors (Lipinski definition) is 6. The lowest BCUT2D eigenvalue weighted by atomic mass is 10.2. The summed E-state index contributed by atoms with van der Waals surface area (Å²) in [6, 6.07) is 7.55. The van der Waals surface area contributed by atoms with Gasteiger partial charge < -0.3 is 10.1 Å². The van der Waals surface area contributed by atoms with Crippen molar-refractivity contribution in [1.29, 1.82) is 0 Å². The summed E-state index contributed by atoms with van der Waals surface area (Å²) in [5, 5.41) is 22.0. The fraction of sp³-hybridized carbons (Fsp3) is 0.235. The maximum atomic E-state index is 12.5. The summed E-state index contributed by atoms with van der Waals surface area (Å²) in [6.45, 7) is 1.97. The third-order valence-corrected chi connectivity index (χ3v) is 3.96. The quantitative estimate of drug-likeness (QED) is 0.525. The molecule has 0 aliphatic carbocycles. The molecule has 0 atom stereocenters. The topological polar surface area (TPSA) is 117 Å². The van der Waals surface area contributed by atoms with Crippen LogP contribution in [0.4, 0.5) is 11.4 Å². The fourth-order valence-corrected chi connectivity index (χ4v) is 2.78. The number of methoxy groups -OCH3 is 1. The number of nitrogens with one attached hydrogen (secondary N) is 1. The summed E-state index contributed by atoms with van der Waals surface area (Å²) >= 11 is 0. The number of aromatic nitrogens is 4. The third-order valence-electron chi connectivity index (χ3n) is 3.96. The molecule has 140 valence electrons. The minimum absolute atomic E-state index is 0.113. The van der Waals surface area contributed by atoms with Gasteiger partial charge >= 0.3 is 5.69 Å². The van der Waals surface area contributed by atoms with E-state index in [1.807, 2.05) is 24.3 Å². The third kappa shape index (κ3) is 3.78. The molecule has 3 rings (SSSR count). The average Bonchev–Trinajstić information content (AvgIpc) is 3.18. The summed E-state index contributed by atoms with van der Waals surface area (Å²) < 4.78 is 8.04. The largest absolute Gasteiger partial charge is 0.497 e. The molecular weight excluding hydrogens is 352 g/mol.